The quantitative estimate of drug-likeness (QED) is 0.317. The lowest BCUT2D eigenvalue weighted by Gasteiger charge is -2.11. The fourth-order valence-corrected chi connectivity index (χ4v) is 3.81. The van der Waals surface area contributed by atoms with Crippen molar-refractivity contribution >= 4 is 28.9 Å². The van der Waals surface area contributed by atoms with E-state index in [9.17, 15) is 14.0 Å². The van der Waals surface area contributed by atoms with Crippen LogP contribution < -0.4 is 16.4 Å². The third-order valence-corrected chi connectivity index (χ3v) is 5.75. The highest BCUT2D eigenvalue weighted by atomic mass is 19.1. The number of carbonyl (C=O) groups excluding carboxylic acids is 2. The van der Waals surface area contributed by atoms with Crippen molar-refractivity contribution in [2.45, 2.75) is 33.2 Å². The summed E-state index contributed by atoms with van der Waals surface area (Å²) < 4.78 is 14.7. The fraction of sp³-hybridized carbons (Fsp3) is 0.185. The molecule has 4 rings (SSSR count). The molecule has 0 aliphatic rings. The maximum Gasteiger partial charge on any atom is 0.246 e. The van der Waals surface area contributed by atoms with E-state index in [2.05, 4.69) is 20.9 Å². The first-order chi connectivity index (χ1) is 17.3. The molecule has 0 aliphatic heterocycles. The zero-order valence-electron chi connectivity index (χ0n) is 20.1. The normalized spacial score (nSPS) is 10.8. The summed E-state index contributed by atoms with van der Waals surface area (Å²) in [5, 5.41) is 13.8. The second-order valence-electron chi connectivity index (χ2n) is 8.58. The Morgan fingerprint density at radius 3 is 2.36 bits per heavy atom. The Kier molecular flexibility index (Phi) is 7.39. The molecule has 0 unspecified atom stereocenters. The van der Waals surface area contributed by atoms with Crippen LogP contribution in [0.25, 0.3) is 11.1 Å². The SMILES string of the molecule is Cc1cccc(C)c1NC(=O)Cn1cc(CCC(=O)Nc2cc(-c3ccc(F)cc3)ccc2N)nn1. The Labute approximate surface area is 208 Å². The van der Waals surface area contributed by atoms with Gasteiger partial charge in [0, 0.05) is 24.7 Å². The topological polar surface area (TPSA) is 115 Å². The van der Waals surface area contributed by atoms with E-state index in [-0.39, 0.29) is 30.6 Å². The van der Waals surface area contributed by atoms with Gasteiger partial charge in [0.25, 0.3) is 0 Å². The van der Waals surface area contributed by atoms with Crippen molar-refractivity contribution in [3.8, 4) is 11.1 Å². The molecule has 4 N–H and O–H groups in total. The number of nitrogens with one attached hydrogen (secondary N) is 2. The van der Waals surface area contributed by atoms with Gasteiger partial charge in [0.15, 0.2) is 0 Å². The summed E-state index contributed by atoms with van der Waals surface area (Å²) >= 11 is 0. The molecule has 0 saturated heterocycles. The maximum atomic E-state index is 13.2. The number of carbonyl (C=O) groups is 2. The number of anilines is 3. The van der Waals surface area contributed by atoms with E-state index in [1.165, 1.54) is 16.8 Å². The average Bonchev–Trinajstić information content (AvgIpc) is 3.29. The van der Waals surface area contributed by atoms with E-state index in [1.807, 2.05) is 38.1 Å². The van der Waals surface area contributed by atoms with Crippen LogP contribution >= 0.6 is 0 Å². The predicted octanol–water partition coefficient (Wildman–Crippen LogP) is 4.49. The first-order valence-corrected chi connectivity index (χ1v) is 11.5. The van der Waals surface area contributed by atoms with E-state index in [0.29, 0.717) is 23.5 Å². The Balaban J connectivity index is 1.31. The first-order valence-electron chi connectivity index (χ1n) is 11.5. The fourth-order valence-electron chi connectivity index (χ4n) is 3.81. The molecule has 0 spiro atoms. The number of nitrogens with two attached hydrogens (primary N) is 1. The van der Waals surface area contributed by atoms with Crippen LogP contribution in [0.3, 0.4) is 0 Å². The maximum absolute atomic E-state index is 13.2. The molecular formula is C27H27FN6O2. The molecule has 0 saturated carbocycles. The number of nitrogens with zero attached hydrogens (tertiary/aromatic N) is 3. The van der Waals surface area contributed by atoms with E-state index >= 15 is 0 Å². The summed E-state index contributed by atoms with van der Waals surface area (Å²) in [4.78, 5) is 25.0. The molecule has 2 amide bonds. The second kappa shape index (κ2) is 10.8. The van der Waals surface area contributed by atoms with Gasteiger partial charge in [0.05, 0.1) is 17.1 Å². The highest BCUT2D eigenvalue weighted by Gasteiger charge is 2.12. The summed E-state index contributed by atoms with van der Waals surface area (Å²) in [6.07, 6.45) is 2.16. The number of hydrogen-bond donors (Lipinski definition) is 3. The Bertz CT molecular complexity index is 1380. The van der Waals surface area contributed by atoms with Crippen molar-refractivity contribution in [1.29, 1.82) is 0 Å². The van der Waals surface area contributed by atoms with Gasteiger partial charge in [-0.15, -0.1) is 5.10 Å². The van der Waals surface area contributed by atoms with Crippen LogP contribution in [0.1, 0.15) is 23.2 Å². The van der Waals surface area contributed by atoms with Gasteiger partial charge in [-0.3, -0.25) is 9.59 Å². The molecule has 0 radical (unpaired) electrons. The Morgan fingerprint density at radius 1 is 0.944 bits per heavy atom. The summed E-state index contributed by atoms with van der Waals surface area (Å²) in [6.45, 7) is 3.89. The standard InChI is InChI=1S/C27H27FN6O2/c1-17-4-3-5-18(2)27(17)31-26(36)16-34-15-22(32-33-34)11-13-25(35)30-24-14-20(8-12-23(24)29)19-6-9-21(28)10-7-19/h3-10,12,14-15H,11,13,16,29H2,1-2H3,(H,30,35)(H,31,36). The highest BCUT2D eigenvalue weighted by Crippen LogP contribution is 2.27. The molecule has 0 atom stereocenters. The van der Waals surface area contributed by atoms with Crippen molar-refractivity contribution in [3.05, 3.63) is 89.5 Å². The van der Waals surface area contributed by atoms with E-state index in [0.717, 1.165) is 27.9 Å². The molecule has 0 bridgehead atoms. The Hall–Kier alpha value is -4.53. The first kappa shape index (κ1) is 24.6. The number of hydrogen-bond acceptors (Lipinski definition) is 5. The minimum absolute atomic E-state index is 0.0136. The summed E-state index contributed by atoms with van der Waals surface area (Å²) in [7, 11) is 0. The molecule has 3 aromatic carbocycles. The van der Waals surface area contributed by atoms with Gasteiger partial charge in [0.2, 0.25) is 11.8 Å². The van der Waals surface area contributed by atoms with Crippen LogP contribution in [0.5, 0.6) is 0 Å². The molecule has 184 valence electrons. The van der Waals surface area contributed by atoms with E-state index < -0.39 is 0 Å². The molecule has 1 heterocycles. The van der Waals surface area contributed by atoms with E-state index in [4.69, 9.17) is 5.73 Å². The van der Waals surface area contributed by atoms with Crippen molar-refractivity contribution < 1.29 is 14.0 Å². The number of halogens is 1. The zero-order valence-corrected chi connectivity index (χ0v) is 20.1. The van der Waals surface area contributed by atoms with Crippen molar-refractivity contribution in [3.63, 3.8) is 0 Å². The molecule has 4 aromatic rings. The highest BCUT2D eigenvalue weighted by molar-refractivity contribution is 5.95. The lowest BCUT2D eigenvalue weighted by Crippen LogP contribution is -2.20. The van der Waals surface area contributed by atoms with Crippen LogP contribution in [0, 0.1) is 19.7 Å². The summed E-state index contributed by atoms with van der Waals surface area (Å²) in [6, 6.07) is 17.2. The molecule has 0 fully saturated rings. The van der Waals surface area contributed by atoms with Gasteiger partial charge in [-0.25, -0.2) is 9.07 Å². The third-order valence-electron chi connectivity index (χ3n) is 5.75. The molecule has 1 aromatic heterocycles. The van der Waals surface area contributed by atoms with Gasteiger partial charge in [-0.05, 0) is 60.4 Å². The van der Waals surface area contributed by atoms with Crippen LogP contribution in [0.15, 0.2) is 66.9 Å². The summed E-state index contributed by atoms with van der Waals surface area (Å²) in [5.41, 5.74) is 11.9. The lowest BCUT2D eigenvalue weighted by molar-refractivity contribution is -0.117. The van der Waals surface area contributed by atoms with Crippen LogP contribution in [-0.2, 0) is 22.6 Å². The number of rotatable bonds is 8. The van der Waals surface area contributed by atoms with Gasteiger partial charge in [0.1, 0.15) is 12.4 Å². The summed E-state index contributed by atoms with van der Waals surface area (Å²) in [5.74, 6) is -0.764. The monoisotopic (exact) mass is 486 g/mol. The minimum atomic E-state index is -0.318. The van der Waals surface area contributed by atoms with Crippen LogP contribution in [-0.4, -0.2) is 26.8 Å². The predicted molar refractivity (Wildman–Crippen MR) is 138 cm³/mol. The van der Waals surface area contributed by atoms with Crippen LogP contribution in [0.4, 0.5) is 21.5 Å². The van der Waals surface area contributed by atoms with Gasteiger partial charge >= 0.3 is 0 Å². The van der Waals surface area contributed by atoms with Crippen molar-refractivity contribution in [1.82, 2.24) is 15.0 Å². The number of aryl methyl sites for hydroxylation is 3. The smallest absolute Gasteiger partial charge is 0.246 e. The van der Waals surface area contributed by atoms with Crippen molar-refractivity contribution in [2.75, 3.05) is 16.4 Å². The Morgan fingerprint density at radius 2 is 1.64 bits per heavy atom. The molecule has 36 heavy (non-hydrogen) atoms. The number of aromatic nitrogens is 3. The zero-order chi connectivity index (χ0) is 25.7. The number of para-hydroxylation sites is 1. The van der Waals surface area contributed by atoms with E-state index in [1.54, 1.807) is 30.5 Å². The third kappa shape index (κ3) is 6.12. The van der Waals surface area contributed by atoms with Crippen LogP contribution in [0.2, 0.25) is 0 Å². The molecular weight excluding hydrogens is 459 g/mol. The van der Waals surface area contributed by atoms with Gasteiger partial charge in [-0.2, -0.15) is 0 Å². The average molecular weight is 487 g/mol. The largest absolute Gasteiger partial charge is 0.397 e. The number of nitrogen functional groups attached to an aromatic ring is 1. The second-order valence-corrected chi connectivity index (χ2v) is 8.58. The lowest BCUT2D eigenvalue weighted by atomic mass is 10.0. The molecule has 8 nitrogen and oxygen atoms in total. The number of benzene rings is 3. The van der Waals surface area contributed by atoms with Gasteiger partial charge in [-0.1, -0.05) is 41.6 Å². The van der Waals surface area contributed by atoms with Crippen molar-refractivity contribution in [2.24, 2.45) is 0 Å². The molecule has 9 heteroatoms. The van der Waals surface area contributed by atoms with Gasteiger partial charge < -0.3 is 16.4 Å². The molecule has 0 aliphatic carbocycles. The number of amides is 2. The minimum Gasteiger partial charge on any atom is -0.397 e.